The van der Waals surface area contributed by atoms with E-state index in [1.54, 1.807) is 12.1 Å². The SMILES string of the molecule is O=C(O)C(C(O)c1ccccc1)N1CCCCC1. The zero-order valence-electron chi connectivity index (χ0n) is 10.3. The van der Waals surface area contributed by atoms with Crippen LogP contribution < -0.4 is 0 Å². The normalized spacial score (nSPS) is 20.3. The topological polar surface area (TPSA) is 60.8 Å². The van der Waals surface area contributed by atoms with E-state index >= 15 is 0 Å². The highest BCUT2D eigenvalue weighted by atomic mass is 16.4. The number of rotatable bonds is 4. The number of likely N-dealkylation sites (tertiary alicyclic amines) is 1. The minimum absolute atomic E-state index is 0.662. The van der Waals surface area contributed by atoms with Crippen molar-refractivity contribution in [2.75, 3.05) is 13.1 Å². The molecule has 0 bridgehead atoms. The monoisotopic (exact) mass is 249 g/mol. The van der Waals surface area contributed by atoms with Crippen LogP contribution in [0.15, 0.2) is 30.3 Å². The Morgan fingerprint density at radius 2 is 1.72 bits per heavy atom. The van der Waals surface area contributed by atoms with Gasteiger partial charge in [0.1, 0.15) is 12.1 Å². The van der Waals surface area contributed by atoms with Crippen molar-refractivity contribution in [2.24, 2.45) is 0 Å². The first-order valence-corrected chi connectivity index (χ1v) is 6.40. The van der Waals surface area contributed by atoms with Gasteiger partial charge in [0.05, 0.1) is 0 Å². The van der Waals surface area contributed by atoms with Gasteiger partial charge in [0.25, 0.3) is 0 Å². The standard InChI is InChI=1S/C14H19NO3/c16-13(11-7-3-1-4-8-11)12(14(17)18)15-9-5-2-6-10-15/h1,3-4,7-8,12-13,16H,2,5-6,9-10H2,(H,17,18). The van der Waals surface area contributed by atoms with Crippen molar-refractivity contribution in [2.45, 2.75) is 31.4 Å². The summed E-state index contributed by atoms with van der Waals surface area (Å²) in [4.78, 5) is 13.3. The lowest BCUT2D eigenvalue weighted by atomic mass is 9.98. The molecule has 4 heteroatoms. The third-order valence-electron chi connectivity index (χ3n) is 3.48. The summed E-state index contributed by atoms with van der Waals surface area (Å²) in [5.74, 6) is -0.951. The first-order chi connectivity index (χ1) is 8.70. The molecule has 0 radical (unpaired) electrons. The van der Waals surface area contributed by atoms with Gasteiger partial charge in [-0.1, -0.05) is 36.8 Å². The van der Waals surface area contributed by atoms with E-state index in [9.17, 15) is 15.0 Å². The Kier molecular flexibility index (Phi) is 4.33. The maximum Gasteiger partial charge on any atom is 0.324 e. The summed E-state index contributed by atoms with van der Waals surface area (Å²) in [7, 11) is 0. The Morgan fingerprint density at radius 1 is 1.11 bits per heavy atom. The molecule has 2 atom stereocenters. The number of hydrogen-bond donors (Lipinski definition) is 2. The third-order valence-corrected chi connectivity index (χ3v) is 3.48. The van der Waals surface area contributed by atoms with Crippen molar-refractivity contribution in [1.29, 1.82) is 0 Å². The van der Waals surface area contributed by atoms with E-state index in [-0.39, 0.29) is 0 Å². The van der Waals surface area contributed by atoms with Gasteiger partial charge in [-0.3, -0.25) is 9.69 Å². The second-order valence-electron chi connectivity index (χ2n) is 4.74. The van der Waals surface area contributed by atoms with E-state index in [0.29, 0.717) is 5.56 Å². The van der Waals surface area contributed by atoms with Gasteiger partial charge in [0.2, 0.25) is 0 Å². The van der Waals surface area contributed by atoms with Gasteiger partial charge < -0.3 is 10.2 Å². The Hall–Kier alpha value is -1.39. The fourth-order valence-corrected chi connectivity index (χ4v) is 2.52. The number of nitrogens with zero attached hydrogens (tertiary/aromatic N) is 1. The molecule has 0 saturated carbocycles. The van der Waals surface area contributed by atoms with Crippen LogP contribution >= 0.6 is 0 Å². The Labute approximate surface area is 107 Å². The molecule has 1 fully saturated rings. The summed E-state index contributed by atoms with van der Waals surface area (Å²) in [5, 5.41) is 19.6. The molecule has 18 heavy (non-hydrogen) atoms. The maximum atomic E-state index is 11.4. The van der Waals surface area contributed by atoms with E-state index in [1.807, 2.05) is 23.1 Å². The fraction of sp³-hybridized carbons (Fsp3) is 0.500. The summed E-state index contributed by atoms with van der Waals surface area (Å²) in [6, 6.07) is 8.18. The molecule has 98 valence electrons. The quantitative estimate of drug-likeness (QED) is 0.852. The summed E-state index contributed by atoms with van der Waals surface area (Å²) >= 11 is 0. The minimum atomic E-state index is -0.971. The Morgan fingerprint density at radius 3 is 2.28 bits per heavy atom. The van der Waals surface area contributed by atoms with E-state index in [2.05, 4.69) is 0 Å². The van der Waals surface area contributed by atoms with Gasteiger partial charge in [0, 0.05) is 0 Å². The van der Waals surface area contributed by atoms with Crippen molar-refractivity contribution in [3.8, 4) is 0 Å². The number of hydrogen-bond acceptors (Lipinski definition) is 3. The first-order valence-electron chi connectivity index (χ1n) is 6.40. The van der Waals surface area contributed by atoms with Crippen LogP contribution in [0.1, 0.15) is 30.9 Å². The highest BCUT2D eigenvalue weighted by Gasteiger charge is 2.34. The predicted octanol–water partition coefficient (Wildman–Crippen LogP) is 1.66. The van der Waals surface area contributed by atoms with Crippen molar-refractivity contribution in [3.63, 3.8) is 0 Å². The molecule has 1 aromatic rings. The number of aliphatic hydroxyl groups excluding tert-OH is 1. The second-order valence-corrected chi connectivity index (χ2v) is 4.74. The van der Waals surface area contributed by atoms with E-state index < -0.39 is 18.1 Å². The molecule has 2 unspecified atom stereocenters. The Balaban J connectivity index is 2.16. The molecule has 0 amide bonds. The minimum Gasteiger partial charge on any atom is -0.480 e. The summed E-state index contributed by atoms with van der Waals surface area (Å²) in [6.45, 7) is 1.50. The van der Waals surface area contributed by atoms with E-state index in [0.717, 1.165) is 32.4 Å². The van der Waals surface area contributed by atoms with Crippen molar-refractivity contribution in [3.05, 3.63) is 35.9 Å². The lowest BCUT2D eigenvalue weighted by Crippen LogP contribution is -2.47. The maximum absolute atomic E-state index is 11.4. The van der Waals surface area contributed by atoms with Gasteiger partial charge in [-0.05, 0) is 31.5 Å². The number of aliphatic hydroxyl groups is 1. The smallest absolute Gasteiger partial charge is 0.324 e. The average molecular weight is 249 g/mol. The van der Waals surface area contributed by atoms with Gasteiger partial charge in [-0.2, -0.15) is 0 Å². The molecule has 4 nitrogen and oxygen atoms in total. The van der Waals surface area contributed by atoms with Crippen LogP contribution in [0.3, 0.4) is 0 Å². The van der Waals surface area contributed by atoms with Gasteiger partial charge in [-0.25, -0.2) is 0 Å². The number of piperidine rings is 1. The highest BCUT2D eigenvalue weighted by molar-refractivity contribution is 5.74. The molecule has 0 spiro atoms. The molecule has 2 rings (SSSR count). The van der Waals surface area contributed by atoms with Crippen LogP contribution in [0.2, 0.25) is 0 Å². The van der Waals surface area contributed by atoms with Crippen molar-refractivity contribution < 1.29 is 15.0 Å². The lowest BCUT2D eigenvalue weighted by molar-refractivity contribution is -0.148. The number of benzene rings is 1. The lowest BCUT2D eigenvalue weighted by Gasteiger charge is -2.34. The molecule has 0 aromatic heterocycles. The van der Waals surface area contributed by atoms with E-state index in [1.165, 1.54) is 0 Å². The second kappa shape index (κ2) is 5.98. The van der Waals surface area contributed by atoms with Crippen LogP contribution in [0.25, 0.3) is 0 Å². The molecule has 1 aliphatic heterocycles. The predicted molar refractivity (Wildman–Crippen MR) is 68.2 cm³/mol. The van der Waals surface area contributed by atoms with Crippen molar-refractivity contribution >= 4 is 5.97 Å². The largest absolute Gasteiger partial charge is 0.480 e. The van der Waals surface area contributed by atoms with Gasteiger partial charge in [0.15, 0.2) is 0 Å². The molecule has 1 aromatic carbocycles. The van der Waals surface area contributed by atoms with Crippen LogP contribution in [-0.4, -0.2) is 40.2 Å². The zero-order chi connectivity index (χ0) is 13.0. The van der Waals surface area contributed by atoms with Crippen LogP contribution in [-0.2, 0) is 4.79 Å². The van der Waals surface area contributed by atoms with Crippen molar-refractivity contribution in [1.82, 2.24) is 4.90 Å². The summed E-state index contributed by atoms with van der Waals surface area (Å²) in [6.07, 6.45) is 2.18. The van der Waals surface area contributed by atoms with E-state index in [4.69, 9.17) is 0 Å². The number of carboxylic acids is 1. The molecule has 0 aliphatic carbocycles. The summed E-state index contributed by atoms with van der Waals surface area (Å²) in [5.41, 5.74) is 0.662. The number of carboxylic acid groups (broad SMARTS) is 1. The third kappa shape index (κ3) is 2.89. The molecule has 1 heterocycles. The average Bonchev–Trinajstić information content (AvgIpc) is 2.40. The van der Waals surface area contributed by atoms with Gasteiger partial charge in [-0.15, -0.1) is 0 Å². The van der Waals surface area contributed by atoms with Crippen LogP contribution in [0.4, 0.5) is 0 Å². The summed E-state index contributed by atoms with van der Waals surface area (Å²) < 4.78 is 0. The number of aliphatic carboxylic acids is 1. The van der Waals surface area contributed by atoms with Gasteiger partial charge >= 0.3 is 5.97 Å². The van der Waals surface area contributed by atoms with Crippen LogP contribution in [0.5, 0.6) is 0 Å². The molecule has 1 saturated heterocycles. The zero-order valence-corrected chi connectivity index (χ0v) is 10.3. The molecule has 1 aliphatic rings. The first kappa shape index (κ1) is 13.1. The fourth-order valence-electron chi connectivity index (χ4n) is 2.52. The Bertz CT molecular complexity index is 387. The number of carbonyl (C=O) groups is 1. The molecular weight excluding hydrogens is 230 g/mol. The molecule has 2 N–H and O–H groups in total. The van der Waals surface area contributed by atoms with Crippen LogP contribution in [0, 0.1) is 0 Å². The molecular formula is C14H19NO3. The highest BCUT2D eigenvalue weighted by Crippen LogP contribution is 2.24.